The molecule has 0 aliphatic heterocycles. The second-order valence-corrected chi connectivity index (χ2v) is 3.65. The summed E-state index contributed by atoms with van der Waals surface area (Å²) >= 11 is 0. The van der Waals surface area contributed by atoms with E-state index in [9.17, 15) is 4.79 Å². The number of nitrogens with one attached hydrogen (secondary N) is 1. The van der Waals surface area contributed by atoms with Crippen LogP contribution in [0.5, 0.6) is 0 Å². The zero-order chi connectivity index (χ0) is 12.3. The van der Waals surface area contributed by atoms with E-state index in [0.29, 0.717) is 12.4 Å². The van der Waals surface area contributed by atoms with Gasteiger partial charge in [0.1, 0.15) is 11.9 Å². The molecule has 0 aliphatic rings. The number of fused-ring (bicyclic) bond motifs is 1. The number of hydrogen-bond donors (Lipinski definition) is 1. The minimum Gasteiger partial charge on any atom is -0.441 e. The van der Waals surface area contributed by atoms with Crippen LogP contribution in [0.2, 0.25) is 0 Å². The largest absolute Gasteiger partial charge is 0.441 e. The smallest absolute Gasteiger partial charge is 0.234 e. The number of carbonyl (C=O) groups is 1. The maximum absolute atomic E-state index is 11.1. The number of benzene rings is 1. The molecule has 0 saturated carbocycles. The van der Waals surface area contributed by atoms with Gasteiger partial charge in [-0.25, -0.2) is 4.98 Å². The standard InChI is InChI=1S/C12H11N3O2/c1-8-15-10-6-9(2-3-11(10)17-8)7-14-12(16)4-5-13/h2-3,6H,4,7H2,1H3,(H,14,16). The average Bonchev–Trinajstić information content (AvgIpc) is 2.66. The third-order valence-corrected chi connectivity index (χ3v) is 2.29. The number of rotatable bonds is 3. The van der Waals surface area contributed by atoms with Crippen molar-refractivity contribution in [3.05, 3.63) is 29.7 Å². The molecule has 0 radical (unpaired) electrons. The summed E-state index contributed by atoms with van der Waals surface area (Å²) in [6.45, 7) is 2.18. The molecule has 0 spiro atoms. The first-order valence-electron chi connectivity index (χ1n) is 5.19. The molecule has 1 amide bonds. The van der Waals surface area contributed by atoms with Crippen LogP contribution in [0.15, 0.2) is 22.6 Å². The van der Waals surface area contributed by atoms with Crippen molar-refractivity contribution >= 4 is 17.0 Å². The fourth-order valence-corrected chi connectivity index (χ4v) is 1.53. The topological polar surface area (TPSA) is 78.9 Å². The highest BCUT2D eigenvalue weighted by atomic mass is 16.3. The molecule has 0 unspecified atom stereocenters. The molecule has 17 heavy (non-hydrogen) atoms. The van der Waals surface area contributed by atoms with Crippen molar-refractivity contribution in [2.45, 2.75) is 19.9 Å². The van der Waals surface area contributed by atoms with Crippen molar-refractivity contribution in [3.8, 4) is 6.07 Å². The SMILES string of the molecule is Cc1nc2cc(CNC(=O)CC#N)ccc2o1. The summed E-state index contributed by atoms with van der Waals surface area (Å²) in [6, 6.07) is 7.34. The average molecular weight is 229 g/mol. The van der Waals surface area contributed by atoms with E-state index in [1.54, 1.807) is 13.0 Å². The Balaban J connectivity index is 2.09. The van der Waals surface area contributed by atoms with Gasteiger partial charge < -0.3 is 9.73 Å². The minimum absolute atomic E-state index is 0.120. The van der Waals surface area contributed by atoms with Crippen LogP contribution in [0.3, 0.4) is 0 Å². The first kappa shape index (κ1) is 11.1. The van der Waals surface area contributed by atoms with Gasteiger partial charge in [0.25, 0.3) is 0 Å². The summed E-state index contributed by atoms with van der Waals surface area (Å²) in [6.07, 6.45) is -0.120. The van der Waals surface area contributed by atoms with E-state index in [1.807, 2.05) is 18.2 Å². The summed E-state index contributed by atoms with van der Waals surface area (Å²) in [7, 11) is 0. The molecule has 2 rings (SSSR count). The normalized spacial score (nSPS) is 10.1. The molecule has 5 heteroatoms. The highest BCUT2D eigenvalue weighted by Crippen LogP contribution is 2.16. The third-order valence-electron chi connectivity index (χ3n) is 2.29. The molecule has 0 fully saturated rings. The zero-order valence-electron chi connectivity index (χ0n) is 9.36. The minimum atomic E-state index is -0.274. The van der Waals surface area contributed by atoms with Gasteiger partial charge in [-0.1, -0.05) is 6.07 Å². The molecule has 1 heterocycles. The van der Waals surface area contributed by atoms with E-state index >= 15 is 0 Å². The monoisotopic (exact) mass is 229 g/mol. The van der Waals surface area contributed by atoms with Crippen molar-refractivity contribution in [3.63, 3.8) is 0 Å². The Hall–Kier alpha value is -2.35. The van der Waals surface area contributed by atoms with Gasteiger partial charge in [0.05, 0.1) is 6.07 Å². The predicted molar refractivity (Wildman–Crippen MR) is 60.8 cm³/mol. The van der Waals surface area contributed by atoms with Crippen molar-refractivity contribution in [2.75, 3.05) is 0 Å². The highest BCUT2D eigenvalue weighted by Gasteiger charge is 2.04. The molecule has 1 aromatic heterocycles. The lowest BCUT2D eigenvalue weighted by molar-refractivity contribution is -0.120. The summed E-state index contributed by atoms with van der Waals surface area (Å²) in [4.78, 5) is 15.3. The number of amides is 1. The van der Waals surface area contributed by atoms with E-state index in [2.05, 4.69) is 10.3 Å². The quantitative estimate of drug-likeness (QED) is 0.868. The summed E-state index contributed by atoms with van der Waals surface area (Å²) in [5, 5.41) is 11.0. The molecule has 0 bridgehead atoms. The molecule has 1 N–H and O–H groups in total. The van der Waals surface area contributed by atoms with Crippen molar-refractivity contribution in [1.82, 2.24) is 10.3 Å². The summed E-state index contributed by atoms with van der Waals surface area (Å²) < 4.78 is 5.35. The van der Waals surface area contributed by atoms with Gasteiger partial charge in [-0.3, -0.25) is 4.79 Å². The number of carbonyl (C=O) groups excluding carboxylic acids is 1. The Morgan fingerprint density at radius 2 is 2.41 bits per heavy atom. The van der Waals surface area contributed by atoms with E-state index in [-0.39, 0.29) is 12.3 Å². The van der Waals surface area contributed by atoms with Gasteiger partial charge in [0.15, 0.2) is 11.5 Å². The number of aryl methyl sites for hydroxylation is 1. The lowest BCUT2D eigenvalue weighted by Gasteiger charge is -2.02. The van der Waals surface area contributed by atoms with E-state index in [1.165, 1.54) is 0 Å². The Bertz CT molecular complexity index is 595. The van der Waals surface area contributed by atoms with Crippen molar-refractivity contribution < 1.29 is 9.21 Å². The Kier molecular flexibility index (Phi) is 3.06. The number of aromatic nitrogens is 1. The maximum atomic E-state index is 11.1. The van der Waals surface area contributed by atoms with Gasteiger partial charge in [0, 0.05) is 13.5 Å². The van der Waals surface area contributed by atoms with Crippen molar-refractivity contribution in [1.29, 1.82) is 5.26 Å². The lowest BCUT2D eigenvalue weighted by atomic mass is 10.2. The molecular formula is C12H11N3O2. The van der Waals surface area contributed by atoms with Gasteiger partial charge in [0.2, 0.25) is 5.91 Å². The highest BCUT2D eigenvalue weighted by molar-refractivity contribution is 5.78. The second-order valence-electron chi connectivity index (χ2n) is 3.65. The summed E-state index contributed by atoms with van der Waals surface area (Å²) in [5.41, 5.74) is 2.43. The fraction of sp³-hybridized carbons (Fsp3) is 0.250. The molecule has 86 valence electrons. The van der Waals surface area contributed by atoms with E-state index in [0.717, 1.165) is 16.7 Å². The maximum Gasteiger partial charge on any atom is 0.234 e. The number of nitriles is 1. The molecule has 0 aliphatic carbocycles. The molecule has 2 aromatic rings. The van der Waals surface area contributed by atoms with Crippen LogP contribution in [0.25, 0.3) is 11.1 Å². The van der Waals surface area contributed by atoms with E-state index < -0.39 is 0 Å². The molecule has 0 saturated heterocycles. The third kappa shape index (κ3) is 2.61. The predicted octanol–water partition coefficient (Wildman–Crippen LogP) is 1.67. The van der Waals surface area contributed by atoms with Crippen LogP contribution < -0.4 is 5.32 Å². The fourth-order valence-electron chi connectivity index (χ4n) is 1.53. The Labute approximate surface area is 98.1 Å². The summed E-state index contributed by atoms with van der Waals surface area (Å²) in [5.74, 6) is 0.342. The zero-order valence-corrected chi connectivity index (χ0v) is 9.36. The number of hydrogen-bond acceptors (Lipinski definition) is 4. The van der Waals surface area contributed by atoms with Gasteiger partial charge in [-0.15, -0.1) is 0 Å². The number of nitrogens with zero attached hydrogens (tertiary/aromatic N) is 2. The van der Waals surface area contributed by atoms with Crippen LogP contribution >= 0.6 is 0 Å². The molecular weight excluding hydrogens is 218 g/mol. The molecule has 1 aromatic carbocycles. The van der Waals surface area contributed by atoms with Crippen molar-refractivity contribution in [2.24, 2.45) is 0 Å². The first-order valence-corrected chi connectivity index (χ1v) is 5.19. The van der Waals surface area contributed by atoms with Gasteiger partial charge >= 0.3 is 0 Å². The van der Waals surface area contributed by atoms with E-state index in [4.69, 9.17) is 9.68 Å². The lowest BCUT2D eigenvalue weighted by Crippen LogP contribution is -2.21. The second kappa shape index (κ2) is 4.66. The van der Waals surface area contributed by atoms with Crippen LogP contribution in [0, 0.1) is 18.3 Å². The number of oxazole rings is 1. The molecule has 0 atom stereocenters. The van der Waals surface area contributed by atoms with Crippen LogP contribution in [-0.2, 0) is 11.3 Å². The van der Waals surface area contributed by atoms with Gasteiger partial charge in [-0.05, 0) is 17.7 Å². The van der Waals surface area contributed by atoms with Crippen LogP contribution in [-0.4, -0.2) is 10.9 Å². The van der Waals surface area contributed by atoms with Crippen LogP contribution in [0.1, 0.15) is 17.9 Å². The Morgan fingerprint density at radius 3 is 3.18 bits per heavy atom. The first-order chi connectivity index (χ1) is 8.19. The molecule has 5 nitrogen and oxygen atoms in total. The van der Waals surface area contributed by atoms with Gasteiger partial charge in [-0.2, -0.15) is 5.26 Å². The Morgan fingerprint density at radius 1 is 1.59 bits per heavy atom. The van der Waals surface area contributed by atoms with Crippen LogP contribution in [0.4, 0.5) is 0 Å².